The van der Waals surface area contributed by atoms with Crippen LogP contribution < -0.4 is 19.0 Å². The molecule has 0 aromatic heterocycles. The number of aliphatic hydroxyl groups excluding tert-OH is 1. The van der Waals surface area contributed by atoms with Gasteiger partial charge in [0.1, 0.15) is 22.1 Å². The molecule has 0 amide bonds. The molecule has 0 fully saturated rings. The van der Waals surface area contributed by atoms with Crippen LogP contribution in [0.1, 0.15) is 17.2 Å². The largest absolute Gasteiger partial charge is 0.497 e. The molecule has 0 saturated carbocycles. The van der Waals surface area contributed by atoms with E-state index < -0.39 is 16.2 Å². The molecule has 0 aliphatic carbocycles. The van der Waals surface area contributed by atoms with Crippen LogP contribution in [-0.4, -0.2) is 34.3 Å². The van der Waals surface area contributed by atoms with E-state index in [4.69, 9.17) is 13.7 Å². The maximum atomic E-state index is 12.3. The van der Waals surface area contributed by atoms with E-state index in [0.717, 1.165) is 5.56 Å². The standard InChI is InChI=1S/C23H25NO6S/c1-28-20-13-10-18(23(14-20)29-2)15-24-16-22(25)17-8-11-19(12-9-17)30-31(26,27)21-6-4-3-5-7-21/h3-14,22,24-25H,15-16H2,1-2H3. The summed E-state index contributed by atoms with van der Waals surface area (Å²) >= 11 is 0. The fraction of sp³-hybridized carbons (Fsp3) is 0.217. The highest BCUT2D eigenvalue weighted by molar-refractivity contribution is 7.87. The molecule has 31 heavy (non-hydrogen) atoms. The van der Waals surface area contributed by atoms with Gasteiger partial charge in [0.15, 0.2) is 0 Å². The Bertz CT molecular complexity index is 1080. The number of hydrogen-bond acceptors (Lipinski definition) is 7. The van der Waals surface area contributed by atoms with Crippen LogP contribution in [-0.2, 0) is 16.7 Å². The first kappa shape index (κ1) is 22.6. The van der Waals surface area contributed by atoms with Crippen LogP contribution in [0, 0.1) is 0 Å². The van der Waals surface area contributed by atoms with Gasteiger partial charge < -0.3 is 24.1 Å². The van der Waals surface area contributed by atoms with Crippen molar-refractivity contribution in [1.82, 2.24) is 5.32 Å². The molecule has 0 heterocycles. The van der Waals surface area contributed by atoms with Gasteiger partial charge in [-0.05, 0) is 35.9 Å². The van der Waals surface area contributed by atoms with E-state index in [2.05, 4.69) is 5.32 Å². The third-order valence-corrected chi connectivity index (χ3v) is 5.91. The lowest BCUT2D eigenvalue weighted by molar-refractivity contribution is 0.174. The van der Waals surface area contributed by atoms with Gasteiger partial charge in [0, 0.05) is 24.7 Å². The van der Waals surface area contributed by atoms with Gasteiger partial charge in [0.2, 0.25) is 0 Å². The first-order chi connectivity index (χ1) is 14.9. The third-order valence-electron chi connectivity index (χ3n) is 4.65. The Labute approximate surface area is 182 Å². The summed E-state index contributed by atoms with van der Waals surface area (Å²) in [4.78, 5) is 0.0808. The summed E-state index contributed by atoms with van der Waals surface area (Å²) in [5.74, 6) is 1.58. The van der Waals surface area contributed by atoms with Gasteiger partial charge >= 0.3 is 10.1 Å². The Morgan fingerprint density at radius 3 is 2.23 bits per heavy atom. The normalized spacial score (nSPS) is 12.2. The summed E-state index contributed by atoms with van der Waals surface area (Å²) in [6.07, 6.45) is -0.774. The zero-order valence-electron chi connectivity index (χ0n) is 17.3. The van der Waals surface area contributed by atoms with Crippen molar-refractivity contribution in [3.8, 4) is 17.2 Å². The Morgan fingerprint density at radius 1 is 0.903 bits per heavy atom. The van der Waals surface area contributed by atoms with Crippen LogP contribution in [0.15, 0.2) is 77.7 Å². The highest BCUT2D eigenvalue weighted by Gasteiger charge is 2.16. The molecule has 1 unspecified atom stereocenters. The number of hydrogen-bond donors (Lipinski definition) is 2. The first-order valence-electron chi connectivity index (χ1n) is 9.62. The molecule has 0 radical (unpaired) electrons. The number of benzene rings is 3. The summed E-state index contributed by atoms with van der Waals surface area (Å²) in [5, 5.41) is 13.6. The van der Waals surface area contributed by atoms with E-state index in [1.165, 1.54) is 24.3 Å². The minimum Gasteiger partial charge on any atom is -0.497 e. The fourth-order valence-corrected chi connectivity index (χ4v) is 3.92. The van der Waals surface area contributed by atoms with E-state index in [1.807, 2.05) is 12.1 Å². The molecule has 3 aromatic carbocycles. The molecule has 0 aliphatic rings. The predicted molar refractivity (Wildman–Crippen MR) is 117 cm³/mol. The van der Waals surface area contributed by atoms with Crippen molar-refractivity contribution in [3.05, 3.63) is 83.9 Å². The Balaban J connectivity index is 1.56. The van der Waals surface area contributed by atoms with Gasteiger partial charge in [-0.1, -0.05) is 36.4 Å². The molecule has 0 aliphatic heterocycles. The lowest BCUT2D eigenvalue weighted by Gasteiger charge is -2.15. The number of ether oxygens (including phenoxy) is 2. The lowest BCUT2D eigenvalue weighted by Crippen LogP contribution is -2.21. The number of aliphatic hydroxyl groups is 1. The molecule has 0 saturated heterocycles. The van der Waals surface area contributed by atoms with Crippen molar-refractivity contribution in [1.29, 1.82) is 0 Å². The SMILES string of the molecule is COc1ccc(CNCC(O)c2ccc(OS(=O)(=O)c3ccccc3)cc2)c(OC)c1. The number of rotatable bonds is 10. The summed E-state index contributed by atoms with van der Waals surface area (Å²) in [6, 6.07) is 19.8. The van der Waals surface area contributed by atoms with Gasteiger partial charge in [-0.3, -0.25) is 0 Å². The highest BCUT2D eigenvalue weighted by Crippen LogP contribution is 2.25. The maximum absolute atomic E-state index is 12.3. The smallest absolute Gasteiger partial charge is 0.339 e. The van der Waals surface area contributed by atoms with Crippen LogP contribution in [0.2, 0.25) is 0 Å². The molecule has 3 rings (SSSR count). The molecule has 7 nitrogen and oxygen atoms in total. The van der Waals surface area contributed by atoms with Crippen molar-refractivity contribution >= 4 is 10.1 Å². The van der Waals surface area contributed by atoms with Crippen LogP contribution in [0.3, 0.4) is 0 Å². The topological polar surface area (TPSA) is 94.1 Å². The van der Waals surface area contributed by atoms with E-state index in [-0.39, 0.29) is 10.6 Å². The second kappa shape index (κ2) is 10.3. The molecule has 1 atom stereocenters. The van der Waals surface area contributed by atoms with Crippen molar-refractivity contribution in [2.75, 3.05) is 20.8 Å². The van der Waals surface area contributed by atoms with Crippen LogP contribution in [0.4, 0.5) is 0 Å². The Morgan fingerprint density at radius 2 is 1.58 bits per heavy atom. The lowest BCUT2D eigenvalue weighted by atomic mass is 10.1. The zero-order chi connectivity index (χ0) is 22.3. The average Bonchev–Trinajstić information content (AvgIpc) is 2.80. The molecule has 2 N–H and O–H groups in total. The summed E-state index contributed by atoms with van der Waals surface area (Å²) in [6.45, 7) is 0.804. The van der Waals surface area contributed by atoms with Crippen molar-refractivity contribution in [2.24, 2.45) is 0 Å². The molecule has 164 valence electrons. The van der Waals surface area contributed by atoms with Gasteiger partial charge in [-0.2, -0.15) is 8.42 Å². The fourth-order valence-electron chi connectivity index (χ4n) is 2.97. The minimum absolute atomic E-state index is 0.0808. The molecule has 8 heteroatoms. The van der Waals surface area contributed by atoms with E-state index in [9.17, 15) is 13.5 Å². The van der Waals surface area contributed by atoms with Gasteiger partial charge in [-0.15, -0.1) is 0 Å². The molecule has 0 spiro atoms. The van der Waals surface area contributed by atoms with Gasteiger partial charge in [0.05, 0.1) is 20.3 Å². The average molecular weight is 444 g/mol. The highest BCUT2D eigenvalue weighted by atomic mass is 32.2. The summed E-state index contributed by atoms with van der Waals surface area (Å²) in [7, 11) is -0.713. The monoisotopic (exact) mass is 443 g/mol. The van der Waals surface area contributed by atoms with Gasteiger partial charge in [0.25, 0.3) is 0 Å². The molecular weight excluding hydrogens is 418 g/mol. The second-order valence-corrected chi connectivity index (χ2v) is 8.29. The second-order valence-electron chi connectivity index (χ2n) is 6.74. The van der Waals surface area contributed by atoms with Crippen LogP contribution >= 0.6 is 0 Å². The molecule has 3 aromatic rings. The van der Waals surface area contributed by atoms with E-state index in [1.54, 1.807) is 50.6 Å². The minimum atomic E-state index is -3.90. The van der Waals surface area contributed by atoms with Gasteiger partial charge in [-0.25, -0.2) is 0 Å². The zero-order valence-corrected chi connectivity index (χ0v) is 18.1. The Hall–Kier alpha value is -3.07. The summed E-state index contributed by atoms with van der Waals surface area (Å²) < 4.78 is 40.3. The van der Waals surface area contributed by atoms with Crippen molar-refractivity contribution in [2.45, 2.75) is 17.5 Å². The molecular formula is C23H25NO6S. The van der Waals surface area contributed by atoms with Crippen LogP contribution in [0.25, 0.3) is 0 Å². The summed E-state index contributed by atoms with van der Waals surface area (Å²) in [5.41, 5.74) is 1.57. The third kappa shape index (κ3) is 5.97. The number of nitrogens with one attached hydrogen (secondary N) is 1. The Kier molecular flexibility index (Phi) is 7.51. The van der Waals surface area contributed by atoms with Crippen molar-refractivity contribution in [3.63, 3.8) is 0 Å². The van der Waals surface area contributed by atoms with E-state index >= 15 is 0 Å². The first-order valence-corrected chi connectivity index (χ1v) is 11.0. The molecule has 0 bridgehead atoms. The quantitative estimate of drug-likeness (QED) is 0.464. The van der Waals surface area contributed by atoms with E-state index in [0.29, 0.717) is 30.2 Å². The maximum Gasteiger partial charge on any atom is 0.339 e. The number of methoxy groups -OCH3 is 2. The predicted octanol–water partition coefficient (Wildman–Crippen LogP) is 3.29. The van der Waals surface area contributed by atoms with Crippen molar-refractivity contribution < 1.29 is 27.2 Å². The van der Waals surface area contributed by atoms with Crippen LogP contribution in [0.5, 0.6) is 17.2 Å².